The summed E-state index contributed by atoms with van der Waals surface area (Å²) in [5, 5.41) is 12.8. The number of aromatic amines is 2. The minimum Gasteiger partial charge on any atom is -0.338 e. The minimum atomic E-state index is 0.0517. The second kappa shape index (κ2) is 10.3. The van der Waals surface area contributed by atoms with Crippen LogP contribution < -0.4 is 5.32 Å². The highest BCUT2D eigenvalue weighted by molar-refractivity contribution is 7.15. The number of amides is 1. The van der Waals surface area contributed by atoms with E-state index in [1.165, 1.54) is 29.0 Å². The molecule has 200 valence electrons. The predicted octanol–water partition coefficient (Wildman–Crippen LogP) is 7.51. The van der Waals surface area contributed by atoms with E-state index in [9.17, 15) is 4.79 Å². The van der Waals surface area contributed by atoms with Gasteiger partial charge in [-0.05, 0) is 62.1 Å². The van der Waals surface area contributed by atoms with E-state index in [0.717, 1.165) is 63.0 Å². The molecule has 0 atom stereocenters. The highest BCUT2D eigenvalue weighted by Gasteiger charge is 2.18. The third-order valence-corrected chi connectivity index (χ3v) is 8.79. The molecule has 0 saturated heterocycles. The van der Waals surface area contributed by atoms with Crippen LogP contribution in [0.3, 0.4) is 0 Å². The zero-order valence-corrected chi connectivity index (χ0v) is 23.0. The van der Waals surface area contributed by atoms with Crippen LogP contribution in [0.15, 0.2) is 61.2 Å². The van der Waals surface area contributed by atoms with Crippen LogP contribution in [0.4, 0.5) is 5.69 Å². The fourth-order valence-corrected chi connectivity index (χ4v) is 6.65. The zero-order valence-electron chi connectivity index (χ0n) is 22.2. The van der Waals surface area contributed by atoms with Crippen LogP contribution in [-0.4, -0.2) is 36.0 Å². The number of carbonyl (C=O) groups is 1. The maximum absolute atomic E-state index is 12.7. The normalized spacial score (nSPS) is 14.2. The maximum Gasteiger partial charge on any atom is 0.224 e. The molecule has 0 bridgehead atoms. The molecule has 8 nitrogen and oxygen atoms in total. The van der Waals surface area contributed by atoms with Crippen molar-refractivity contribution >= 4 is 44.9 Å². The van der Waals surface area contributed by atoms with Crippen LogP contribution in [0.1, 0.15) is 43.4 Å². The molecule has 0 aliphatic heterocycles. The van der Waals surface area contributed by atoms with E-state index in [1.807, 2.05) is 18.3 Å². The monoisotopic (exact) mass is 547 g/mol. The number of aryl methyl sites for hydroxylation is 1. The highest BCUT2D eigenvalue weighted by Crippen LogP contribution is 2.36. The molecule has 1 aliphatic rings. The number of pyridine rings is 3. The number of H-pyrrole nitrogens is 2. The van der Waals surface area contributed by atoms with Crippen LogP contribution in [0.5, 0.6) is 0 Å². The third-order valence-electron chi connectivity index (χ3n) is 7.76. The van der Waals surface area contributed by atoms with E-state index in [0.29, 0.717) is 18.0 Å². The maximum atomic E-state index is 12.7. The van der Waals surface area contributed by atoms with Crippen molar-refractivity contribution in [2.45, 2.75) is 45.4 Å². The Balaban J connectivity index is 1.19. The number of hydrogen-bond donors (Lipinski definition) is 3. The number of hydrogen-bond acceptors (Lipinski definition) is 6. The molecular weight excluding hydrogens is 518 g/mol. The van der Waals surface area contributed by atoms with E-state index in [2.05, 4.69) is 66.6 Å². The number of thiophene rings is 1. The van der Waals surface area contributed by atoms with Gasteiger partial charge >= 0.3 is 0 Å². The summed E-state index contributed by atoms with van der Waals surface area (Å²) in [7, 11) is 0. The number of nitrogens with one attached hydrogen (secondary N) is 3. The summed E-state index contributed by atoms with van der Waals surface area (Å²) in [5.74, 6) is 0.537. The molecule has 6 aromatic rings. The highest BCUT2D eigenvalue weighted by atomic mass is 32.1. The Bertz CT molecular complexity index is 1840. The fourth-order valence-electron chi connectivity index (χ4n) is 5.74. The lowest BCUT2D eigenvalue weighted by Gasteiger charge is -2.20. The fraction of sp³-hybridized carbons (Fsp3) is 0.258. The van der Waals surface area contributed by atoms with Crippen molar-refractivity contribution in [1.29, 1.82) is 0 Å². The van der Waals surface area contributed by atoms with Crippen LogP contribution in [0, 0.1) is 12.8 Å². The van der Waals surface area contributed by atoms with Crippen LogP contribution in [-0.2, 0) is 4.79 Å². The number of anilines is 1. The van der Waals surface area contributed by atoms with Gasteiger partial charge in [0, 0.05) is 50.5 Å². The first-order valence-corrected chi connectivity index (χ1v) is 14.6. The molecule has 1 saturated carbocycles. The number of rotatable bonds is 6. The average molecular weight is 548 g/mol. The van der Waals surface area contributed by atoms with Gasteiger partial charge in [0.25, 0.3) is 0 Å². The zero-order chi connectivity index (χ0) is 27.1. The van der Waals surface area contributed by atoms with Gasteiger partial charge in [0.05, 0.1) is 35.0 Å². The van der Waals surface area contributed by atoms with Crippen molar-refractivity contribution < 1.29 is 4.79 Å². The molecule has 6 aromatic heterocycles. The van der Waals surface area contributed by atoms with Gasteiger partial charge in [0.15, 0.2) is 0 Å². The van der Waals surface area contributed by atoms with E-state index in [1.54, 1.807) is 29.9 Å². The number of carbonyl (C=O) groups excluding carboxylic acids is 1. The molecule has 0 spiro atoms. The van der Waals surface area contributed by atoms with Gasteiger partial charge in [0.1, 0.15) is 11.3 Å². The SMILES string of the molecule is Cc1ccc(-c2ccnc3[nH]c(-c4n[nH]c5cnc(-c6cncc(NC(=O)CC7CCCCC7)c6)cc45)cc23)s1. The molecule has 40 heavy (non-hydrogen) atoms. The van der Waals surface area contributed by atoms with Crippen LogP contribution >= 0.6 is 11.3 Å². The molecular formula is C31H29N7OS. The first-order valence-electron chi connectivity index (χ1n) is 13.7. The second-order valence-corrected chi connectivity index (χ2v) is 11.9. The summed E-state index contributed by atoms with van der Waals surface area (Å²) in [6.07, 6.45) is 13.7. The van der Waals surface area contributed by atoms with Crippen molar-refractivity contribution in [2.75, 3.05) is 5.32 Å². The first kappa shape index (κ1) is 24.7. The van der Waals surface area contributed by atoms with E-state index in [-0.39, 0.29) is 5.91 Å². The minimum absolute atomic E-state index is 0.0517. The summed E-state index contributed by atoms with van der Waals surface area (Å²) in [6.45, 7) is 2.12. The van der Waals surface area contributed by atoms with Gasteiger partial charge in [0.2, 0.25) is 5.91 Å². The van der Waals surface area contributed by atoms with Gasteiger partial charge < -0.3 is 10.3 Å². The van der Waals surface area contributed by atoms with Gasteiger partial charge in [-0.3, -0.25) is 19.9 Å². The lowest BCUT2D eigenvalue weighted by molar-refractivity contribution is -0.117. The van der Waals surface area contributed by atoms with Gasteiger partial charge in [-0.2, -0.15) is 5.10 Å². The largest absolute Gasteiger partial charge is 0.338 e. The average Bonchev–Trinajstić information content (AvgIpc) is 3.71. The van der Waals surface area contributed by atoms with Crippen LogP contribution in [0.25, 0.3) is 55.0 Å². The van der Waals surface area contributed by atoms with Crippen molar-refractivity contribution in [1.82, 2.24) is 30.1 Å². The summed E-state index contributed by atoms with van der Waals surface area (Å²) in [5.41, 5.74) is 6.78. The molecule has 6 heterocycles. The molecule has 0 aromatic carbocycles. The summed E-state index contributed by atoms with van der Waals surface area (Å²) in [4.78, 5) is 32.2. The van der Waals surface area contributed by atoms with E-state index >= 15 is 0 Å². The molecule has 1 amide bonds. The standard InChI is InChI=1S/C31H29N7OS/c1-18-7-8-28(40-18)22-9-10-33-31-23(22)13-26(36-31)30-24-14-25(34-17-27(24)37-38-30)20-12-21(16-32-15-20)35-29(39)11-19-5-3-2-4-6-19/h7-10,12-17,19H,2-6,11H2,1H3,(H,33,36)(H,35,39)(H,37,38). The molecule has 0 radical (unpaired) electrons. The lowest BCUT2D eigenvalue weighted by atomic mass is 9.87. The summed E-state index contributed by atoms with van der Waals surface area (Å²) in [6, 6.07) is 12.4. The summed E-state index contributed by atoms with van der Waals surface area (Å²) < 4.78 is 0. The van der Waals surface area contributed by atoms with E-state index < -0.39 is 0 Å². The predicted molar refractivity (Wildman–Crippen MR) is 160 cm³/mol. The van der Waals surface area contributed by atoms with Crippen molar-refractivity contribution in [3.05, 3.63) is 66.1 Å². The van der Waals surface area contributed by atoms with Crippen molar-refractivity contribution in [3.8, 4) is 33.1 Å². The van der Waals surface area contributed by atoms with Gasteiger partial charge in [-0.15, -0.1) is 11.3 Å². The summed E-state index contributed by atoms with van der Waals surface area (Å²) >= 11 is 1.77. The Labute approximate surface area is 235 Å². The smallest absolute Gasteiger partial charge is 0.224 e. The van der Waals surface area contributed by atoms with Crippen molar-refractivity contribution in [3.63, 3.8) is 0 Å². The van der Waals surface area contributed by atoms with Gasteiger partial charge in [-0.25, -0.2) is 4.98 Å². The molecule has 1 fully saturated rings. The van der Waals surface area contributed by atoms with Gasteiger partial charge in [-0.1, -0.05) is 19.3 Å². The Morgan fingerprint density at radius 2 is 1.93 bits per heavy atom. The Hall–Kier alpha value is -4.37. The molecule has 1 aliphatic carbocycles. The Morgan fingerprint density at radius 3 is 2.77 bits per heavy atom. The number of nitrogens with zero attached hydrogens (tertiary/aromatic N) is 4. The third kappa shape index (κ3) is 4.77. The quantitative estimate of drug-likeness (QED) is 0.200. The molecule has 9 heteroatoms. The molecule has 7 rings (SSSR count). The topological polar surface area (TPSA) is 112 Å². The van der Waals surface area contributed by atoms with Crippen LogP contribution in [0.2, 0.25) is 0 Å². The van der Waals surface area contributed by atoms with E-state index in [4.69, 9.17) is 0 Å². The molecule has 0 unspecified atom stereocenters. The van der Waals surface area contributed by atoms with Crippen molar-refractivity contribution in [2.24, 2.45) is 5.92 Å². The molecule has 3 N–H and O–H groups in total. The number of aromatic nitrogens is 6. The lowest BCUT2D eigenvalue weighted by Crippen LogP contribution is -2.18. The number of fused-ring (bicyclic) bond motifs is 2. The first-order chi connectivity index (χ1) is 19.6. The Morgan fingerprint density at radius 1 is 1.02 bits per heavy atom. The second-order valence-electron chi connectivity index (χ2n) is 10.6. The Kier molecular flexibility index (Phi) is 6.36.